The normalized spacial score (nSPS) is 29.3. The molecule has 8 heteroatoms. The zero-order valence-electron chi connectivity index (χ0n) is 14.1. The van der Waals surface area contributed by atoms with Gasteiger partial charge in [0.15, 0.2) is 9.84 Å². The fourth-order valence-electron chi connectivity index (χ4n) is 4.79. The SMILES string of the molecule is CC1=C2C(CCS2(=O)=O)C2(C(=O)NC(=O)NC2=O)[C@@H](c2ccccc2)C1. The van der Waals surface area contributed by atoms with Crippen molar-refractivity contribution in [3.63, 3.8) is 0 Å². The third-order valence-electron chi connectivity index (χ3n) is 5.76. The molecule has 3 aliphatic rings. The molecule has 2 atom stereocenters. The number of imide groups is 2. The number of urea groups is 1. The molecule has 7 nitrogen and oxygen atoms in total. The zero-order valence-corrected chi connectivity index (χ0v) is 14.9. The van der Waals surface area contributed by atoms with E-state index in [9.17, 15) is 22.8 Å². The third kappa shape index (κ3) is 2.11. The van der Waals surface area contributed by atoms with E-state index in [0.717, 1.165) is 5.56 Å². The van der Waals surface area contributed by atoms with Crippen molar-refractivity contribution in [1.29, 1.82) is 0 Å². The average molecular weight is 374 g/mol. The summed E-state index contributed by atoms with van der Waals surface area (Å²) in [7, 11) is -3.50. The van der Waals surface area contributed by atoms with Crippen molar-refractivity contribution in [2.24, 2.45) is 11.3 Å². The van der Waals surface area contributed by atoms with Crippen molar-refractivity contribution >= 4 is 27.7 Å². The summed E-state index contributed by atoms with van der Waals surface area (Å²) >= 11 is 0. The first-order valence-corrected chi connectivity index (χ1v) is 10.1. The monoisotopic (exact) mass is 374 g/mol. The van der Waals surface area contributed by atoms with E-state index in [-0.39, 0.29) is 23.5 Å². The second-order valence-corrected chi connectivity index (χ2v) is 9.16. The number of hydrogen-bond donors (Lipinski definition) is 2. The van der Waals surface area contributed by atoms with Gasteiger partial charge in [-0.25, -0.2) is 13.2 Å². The Bertz CT molecular complexity index is 945. The first kappa shape index (κ1) is 17.0. The minimum atomic E-state index is -3.50. The van der Waals surface area contributed by atoms with Crippen molar-refractivity contribution in [3.05, 3.63) is 46.4 Å². The number of sulfone groups is 1. The molecule has 0 aromatic heterocycles. The predicted molar refractivity (Wildman–Crippen MR) is 92.5 cm³/mol. The summed E-state index contributed by atoms with van der Waals surface area (Å²) in [5, 5.41) is 4.40. The molecule has 0 bridgehead atoms. The maximum atomic E-state index is 13.0. The molecule has 0 radical (unpaired) electrons. The lowest BCUT2D eigenvalue weighted by atomic mass is 9.57. The molecule has 2 saturated heterocycles. The molecule has 2 heterocycles. The van der Waals surface area contributed by atoms with Gasteiger partial charge in [-0.05, 0) is 25.3 Å². The molecule has 1 aromatic carbocycles. The van der Waals surface area contributed by atoms with Crippen LogP contribution in [0.15, 0.2) is 40.8 Å². The average Bonchev–Trinajstić information content (AvgIpc) is 2.90. The Labute approximate surface area is 150 Å². The summed E-state index contributed by atoms with van der Waals surface area (Å²) in [6.45, 7) is 1.75. The summed E-state index contributed by atoms with van der Waals surface area (Å²) in [5.74, 6) is -2.83. The van der Waals surface area contributed by atoms with Crippen LogP contribution >= 0.6 is 0 Å². The van der Waals surface area contributed by atoms with E-state index in [0.29, 0.717) is 5.57 Å². The minimum Gasteiger partial charge on any atom is -0.277 e. The molecular weight excluding hydrogens is 356 g/mol. The van der Waals surface area contributed by atoms with Crippen molar-refractivity contribution < 1.29 is 22.8 Å². The summed E-state index contributed by atoms with van der Waals surface area (Å²) in [6.07, 6.45) is 0.456. The topological polar surface area (TPSA) is 109 Å². The Kier molecular flexibility index (Phi) is 3.59. The van der Waals surface area contributed by atoms with Crippen LogP contribution < -0.4 is 10.6 Å². The van der Waals surface area contributed by atoms with Gasteiger partial charge in [0.2, 0.25) is 11.8 Å². The van der Waals surface area contributed by atoms with E-state index in [4.69, 9.17) is 0 Å². The first-order valence-electron chi connectivity index (χ1n) is 8.42. The Morgan fingerprint density at radius 3 is 2.23 bits per heavy atom. The number of hydrogen-bond acceptors (Lipinski definition) is 5. The van der Waals surface area contributed by atoms with E-state index in [1.807, 2.05) is 30.3 Å². The molecule has 0 saturated carbocycles. The number of barbiturate groups is 1. The van der Waals surface area contributed by atoms with Crippen molar-refractivity contribution in [1.82, 2.24) is 10.6 Å². The lowest BCUT2D eigenvalue weighted by Gasteiger charge is -2.47. The van der Waals surface area contributed by atoms with Gasteiger partial charge in [-0.3, -0.25) is 20.2 Å². The molecule has 136 valence electrons. The highest BCUT2D eigenvalue weighted by Crippen LogP contribution is 2.58. The van der Waals surface area contributed by atoms with Crippen molar-refractivity contribution in [2.45, 2.75) is 25.7 Å². The molecule has 2 fully saturated rings. The predicted octanol–water partition coefficient (Wildman–Crippen LogP) is 1.24. The van der Waals surface area contributed by atoms with E-state index in [1.54, 1.807) is 6.92 Å². The quantitative estimate of drug-likeness (QED) is 0.719. The Morgan fingerprint density at radius 2 is 1.62 bits per heavy atom. The Balaban J connectivity index is 1.99. The number of carbonyl (C=O) groups is 3. The Morgan fingerprint density at radius 1 is 1.00 bits per heavy atom. The fraction of sp³-hybridized carbons (Fsp3) is 0.389. The minimum absolute atomic E-state index is 0.0951. The maximum absolute atomic E-state index is 13.0. The molecule has 1 aromatic rings. The molecule has 26 heavy (non-hydrogen) atoms. The Hall–Kier alpha value is -2.48. The lowest BCUT2D eigenvalue weighted by molar-refractivity contribution is -0.150. The number of nitrogens with one attached hydrogen (secondary N) is 2. The summed E-state index contributed by atoms with van der Waals surface area (Å²) in [4.78, 5) is 37.9. The largest absolute Gasteiger partial charge is 0.328 e. The van der Waals surface area contributed by atoms with Crippen LogP contribution in [0.2, 0.25) is 0 Å². The number of carbonyl (C=O) groups excluding carboxylic acids is 3. The fourth-order valence-corrected chi connectivity index (χ4v) is 6.90. The van der Waals surface area contributed by atoms with E-state index in [1.165, 1.54) is 0 Å². The van der Waals surface area contributed by atoms with E-state index >= 15 is 0 Å². The number of rotatable bonds is 1. The number of amides is 4. The van der Waals surface area contributed by atoms with Gasteiger partial charge in [0.25, 0.3) is 0 Å². The van der Waals surface area contributed by atoms with Gasteiger partial charge < -0.3 is 0 Å². The van der Waals surface area contributed by atoms with Crippen molar-refractivity contribution in [2.75, 3.05) is 5.75 Å². The maximum Gasteiger partial charge on any atom is 0.328 e. The molecule has 4 rings (SSSR count). The van der Waals surface area contributed by atoms with Gasteiger partial charge in [0.1, 0.15) is 5.41 Å². The number of benzene rings is 1. The van der Waals surface area contributed by atoms with Gasteiger partial charge in [0.05, 0.1) is 5.75 Å². The highest BCUT2D eigenvalue weighted by Gasteiger charge is 2.66. The van der Waals surface area contributed by atoms with Crippen LogP contribution in [-0.2, 0) is 19.4 Å². The lowest BCUT2D eigenvalue weighted by Crippen LogP contribution is -2.67. The summed E-state index contributed by atoms with van der Waals surface area (Å²) < 4.78 is 25.1. The van der Waals surface area contributed by atoms with Crippen LogP contribution in [0.5, 0.6) is 0 Å². The van der Waals surface area contributed by atoms with Crippen LogP contribution in [0.25, 0.3) is 0 Å². The third-order valence-corrected chi connectivity index (χ3v) is 7.84. The number of fused-ring (bicyclic) bond motifs is 2. The van der Waals surface area contributed by atoms with Crippen LogP contribution in [-0.4, -0.2) is 32.0 Å². The first-order chi connectivity index (χ1) is 12.3. The molecule has 4 amide bonds. The summed E-state index contributed by atoms with van der Waals surface area (Å²) in [6, 6.07) is 8.24. The highest BCUT2D eigenvalue weighted by molar-refractivity contribution is 7.95. The molecule has 1 aliphatic carbocycles. The standard InChI is InChI=1S/C18H18N2O5S/c1-10-9-13(11-5-3-2-4-6-11)18(12-7-8-26(24,25)14(10)12)15(21)19-17(23)20-16(18)22/h2-6,12-13H,7-9H2,1H3,(H2,19,20,21,22,23)/t12?,13-/m1/s1. The van der Waals surface area contributed by atoms with Gasteiger partial charge in [0, 0.05) is 16.7 Å². The summed E-state index contributed by atoms with van der Waals surface area (Å²) in [5.41, 5.74) is -0.187. The van der Waals surface area contributed by atoms with Gasteiger partial charge >= 0.3 is 6.03 Å². The van der Waals surface area contributed by atoms with Crippen LogP contribution in [0.3, 0.4) is 0 Å². The molecule has 1 spiro atoms. The van der Waals surface area contributed by atoms with Crippen LogP contribution in [0.4, 0.5) is 4.79 Å². The zero-order chi connectivity index (χ0) is 18.7. The molecule has 2 N–H and O–H groups in total. The van der Waals surface area contributed by atoms with E-state index < -0.39 is 44.9 Å². The second-order valence-electron chi connectivity index (χ2n) is 7.08. The molecule has 1 unspecified atom stereocenters. The number of allylic oxidation sites excluding steroid dienone is 2. The smallest absolute Gasteiger partial charge is 0.277 e. The van der Waals surface area contributed by atoms with Gasteiger partial charge in [-0.15, -0.1) is 0 Å². The highest BCUT2D eigenvalue weighted by atomic mass is 32.2. The second kappa shape index (κ2) is 5.51. The van der Waals surface area contributed by atoms with E-state index in [2.05, 4.69) is 10.6 Å². The van der Waals surface area contributed by atoms with Gasteiger partial charge in [-0.2, -0.15) is 0 Å². The molecular formula is C18H18N2O5S. The molecule has 2 aliphatic heterocycles. The van der Waals surface area contributed by atoms with Gasteiger partial charge in [-0.1, -0.05) is 35.9 Å². The van der Waals surface area contributed by atoms with Crippen LogP contribution in [0.1, 0.15) is 31.2 Å². The van der Waals surface area contributed by atoms with Crippen LogP contribution in [0, 0.1) is 11.3 Å². The van der Waals surface area contributed by atoms with Crippen molar-refractivity contribution in [3.8, 4) is 0 Å².